The molecule has 0 fully saturated rings. The van der Waals surface area contributed by atoms with Crippen molar-refractivity contribution < 1.29 is 0 Å². The average molecular weight is 323 g/mol. The third kappa shape index (κ3) is 2.38. The van der Waals surface area contributed by atoms with Crippen LogP contribution in [0.15, 0.2) is 11.4 Å². The first-order valence-electron chi connectivity index (χ1n) is 7.23. The highest BCUT2D eigenvalue weighted by molar-refractivity contribution is 7.10. The van der Waals surface area contributed by atoms with Crippen LogP contribution in [0.4, 0.5) is 0 Å². The molecule has 0 aliphatic carbocycles. The van der Waals surface area contributed by atoms with Gasteiger partial charge >= 0.3 is 0 Å². The number of rotatable bonds is 5. The van der Waals surface area contributed by atoms with Gasteiger partial charge in [-0.2, -0.15) is 5.10 Å². The van der Waals surface area contributed by atoms with E-state index in [9.17, 15) is 0 Å². The molecule has 21 heavy (non-hydrogen) atoms. The number of fused-ring (bicyclic) bond motifs is 1. The summed E-state index contributed by atoms with van der Waals surface area (Å²) in [5, 5.41) is 6.73. The Morgan fingerprint density at radius 1 is 1.33 bits per heavy atom. The Balaban J connectivity index is 2.15. The Hall–Kier alpha value is -1.33. The number of nitrogens with zero attached hydrogens (tertiary/aromatic N) is 4. The minimum atomic E-state index is 0.421. The second kappa shape index (κ2) is 5.81. The van der Waals surface area contributed by atoms with E-state index in [1.165, 1.54) is 10.4 Å². The molecule has 0 atom stereocenters. The number of aromatic nitrogens is 4. The second-order valence-corrected chi connectivity index (χ2v) is 6.31. The molecule has 0 radical (unpaired) electrons. The first-order chi connectivity index (χ1) is 10.2. The van der Waals surface area contributed by atoms with Crippen molar-refractivity contribution in [1.29, 1.82) is 0 Å². The molecule has 4 nitrogen and oxygen atoms in total. The van der Waals surface area contributed by atoms with Crippen molar-refractivity contribution in [3.05, 3.63) is 33.4 Å². The zero-order valence-electron chi connectivity index (χ0n) is 12.6. The molecule has 0 saturated carbocycles. The number of hydrogen-bond donors (Lipinski definition) is 0. The van der Waals surface area contributed by atoms with Gasteiger partial charge in [-0.25, -0.2) is 9.67 Å². The van der Waals surface area contributed by atoms with Crippen LogP contribution in [-0.4, -0.2) is 19.3 Å². The first-order valence-corrected chi connectivity index (χ1v) is 8.64. The molecule has 0 aromatic carbocycles. The molecule has 112 valence electrons. The Morgan fingerprint density at radius 2 is 2.14 bits per heavy atom. The molecular weight excluding hydrogens is 304 g/mol. The molecule has 0 N–H and O–H groups in total. The normalized spacial score (nSPS) is 11.6. The van der Waals surface area contributed by atoms with E-state index in [1.54, 1.807) is 11.3 Å². The molecule has 0 saturated heterocycles. The number of thiophene rings is 1. The minimum Gasteiger partial charge on any atom is -0.307 e. The largest absolute Gasteiger partial charge is 0.307 e. The van der Waals surface area contributed by atoms with Crippen molar-refractivity contribution in [2.24, 2.45) is 0 Å². The lowest BCUT2D eigenvalue weighted by atomic mass is 10.2. The summed E-state index contributed by atoms with van der Waals surface area (Å²) in [6, 6.07) is 2.21. The van der Waals surface area contributed by atoms with E-state index >= 15 is 0 Å². The molecule has 3 heterocycles. The Bertz CT molecular complexity index is 768. The van der Waals surface area contributed by atoms with Crippen LogP contribution < -0.4 is 0 Å². The van der Waals surface area contributed by atoms with Crippen molar-refractivity contribution in [3.8, 4) is 0 Å². The van der Waals surface area contributed by atoms with Crippen LogP contribution in [0.3, 0.4) is 0 Å². The standard InChI is InChI=1S/C15H19ClN4S/c1-4-11-6-7-21-12(11)9-19-13(8-16)17-14-10(3)18-20(5-2)15(14)19/h6-7H,4-5,8-9H2,1-3H3. The van der Waals surface area contributed by atoms with Crippen LogP contribution in [-0.2, 0) is 25.4 Å². The lowest BCUT2D eigenvalue weighted by molar-refractivity contribution is 0.640. The molecule has 6 heteroatoms. The second-order valence-electron chi connectivity index (χ2n) is 5.04. The Kier molecular flexibility index (Phi) is 4.04. The van der Waals surface area contributed by atoms with Crippen LogP contribution in [0.2, 0.25) is 0 Å². The van der Waals surface area contributed by atoms with Gasteiger partial charge in [-0.1, -0.05) is 6.92 Å². The number of imidazole rings is 1. The fraction of sp³-hybridized carbons (Fsp3) is 0.467. The van der Waals surface area contributed by atoms with Crippen LogP contribution in [0.5, 0.6) is 0 Å². The summed E-state index contributed by atoms with van der Waals surface area (Å²) in [4.78, 5) is 6.07. The van der Waals surface area contributed by atoms with Crippen molar-refractivity contribution in [1.82, 2.24) is 19.3 Å². The van der Waals surface area contributed by atoms with Gasteiger partial charge in [-0.3, -0.25) is 0 Å². The topological polar surface area (TPSA) is 35.6 Å². The van der Waals surface area contributed by atoms with Crippen LogP contribution in [0.1, 0.15) is 35.8 Å². The molecular formula is C15H19ClN4S. The highest BCUT2D eigenvalue weighted by atomic mass is 35.5. The number of halogens is 1. The third-order valence-electron chi connectivity index (χ3n) is 3.82. The van der Waals surface area contributed by atoms with Gasteiger partial charge in [0, 0.05) is 11.4 Å². The predicted molar refractivity (Wildman–Crippen MR) is 88.3 cm³/mol. The zero-order valence-corrected chi connectivity index (χ0v) is 14.1. The quantitative estimate of drug-likeness (QED) is 0.666. The maximum atomic E-state index is 6.11. The summed E-state index contributed by atoms with van der Waals surface area (Å²) >= 11 is 7.91. The van der Waals surface area contributed by atoms with Crippen molar-refractivity contribution >= 4 is 34.1 Å². The van der Waals surface area contributed by atoms with Gasteiger partial charge in [0.25, 0.3) is 0 Å². The summed E-state index contributed by atoms with van der Waals surface area (Å²) in [6.07, 6.45) is 1.05. The van der Waals surface area contributed by atoms with Crippen LogP contribution in [0.25, 0.3) is 11.2 Å². The van der Waals surface area contributed by atoms with Crippen molar-refractivity contribution in [2.75, 3.05) is 0 Å². The van der Waals surface area contributed by atoms with E-state index < -0.39 is 0 Å². The Morgan fingerprint density at radius 3 is 2.81 bits per heavy atom. The number of alkyl halides is 1. The maximum absolute atomic E-state index is 6.11. The van der Waals surface area contributed by atoms with Gasteiger partial charge in [-0.15, -0.1) is 22.9 Å². The minimum absolute atomic E-state index is 0.421. The zero-order chi connectivity index (χ0) is 15.0. The van der Waals surface area contributed by atoms with E-state index in [0.717, 1.165) is 42.2 Å². The molecule has 0 aliphatic rings. The van der Waals surface area contributed by atoms with Gasteiger partial charge in [0.05, 0.1) is 18.1 Å². The van der Waals surface area contributed by atoms with E-state index in [2.05, 4.69) is 39.9 Å². The fourth-order valence-corrected chi connectivity index (χ4v) is 3.89. The van der Waals surface area contributed by atoms with Crippen molar-refractivity contribution in [2.45, 2.75) is 46.2 Å². The number of aryl methyl sites for hydroxylation is 3. The van der Waals surface area contributed by atoms with E-state index in [4.69, 9.17) is 11.6 Å². The summed E-state index contributed by atoms with van der Waals surface area (Å²) in [5.41, 5.74) is 4.43. The summed E-state index contributed by atoms with van der Waals surface area (Å²) in [5.74, 6) is 1.34. The van der Waals surface area contributed by atoms with Crippen LogP contribution >= 0.6 is 22.9 Å². The fourth-order valence-electron chi connectivity index (χ4n) is 2.72. The summed E-state index contributed by atoms with van der Waals surface area (Å²) < 4.78 is 4.24. The lowest BCUT2D eigenvalue weighted by Gasteiger charge is -2.09. The lowest BCUT2D eigenvalue weighted by Crippen LogP contribution is -2.09. The number of hydrogen-bond acceptors (Lipinski definition) is 3. The smallest absolute Gasteiger partial charge is 0.159 e. The molecule has 3 aromatic rings. The third-order valence-corrected chi connectivity index (χ3v) is 5.00. The summed E-state index contributed by atoms with van der Waals surface area (Å²) in [6.45, 7) is 7.96. The first kappa shape index (κ1) is 14.6. The SMILES string of the molecule is CCc1ccsc1Cn1c(CCl)nc2c(C)nn(CC)c21. The van der Waals surface area contributed by atoms with Crippen molar-refractivity contribution in [3.63, 3.8) is 0 Å². The van der Waals surface area contributed by atoms with E-state index in [-0.39, 0.29) is 0 Å². The van der Waals surface area contributed by atoms with Gasteiger partial charge in [0.2, 0.25) is 0 Å². The highest BCUT2D eigenvalue weighted by Gasteiger charge is 2.18. The molecule has 0 unspecified atom stereocenters. The van der Waals surface area contributed by atoms with Gasteiger partial charge in [0.15, 0.2) is 5.65 Å². The van der Waals surface area contributed by atoms with Crippen LogP contribution in [0, 0.1) is 6.92 Å². The monoisotopic (exact) mass is 322 g/mol. The average Bonchev–Trinajstić information content (AvgIpc) is 3.16. The predicted octanol–water partition coefficient (Wildman–Crippen LogP) is 3.97. The Labute approximate surface area is 133 Å². The van der Waals surface area contributed by atoms with E-state index in [0.29, 0.717) is 5.88 Å². The summed E-state index contributed by atoms with van der Waals surface area (Å²) in [7, 11) is 0. The molecule has 3 rings (SSSR count). The molecule has 3 aromatic heterocycles. The maximum Gasteiger partial charge on any atom is 0.159 e. The van der Waals surface area contributed by atoms with Gasteiger partial charge in [-0.05, 0) is 37.3 Å². The highest BCUT2D eigenvalue weighted by Crippen LogP contribution is 2.25. The molecule has 0 bridgehead atoms. The van der Waals surface area contributed by atoms with E-state index in [1.807, 2.05) is 11.6 Å². The molecule has 0 amide bonds. The molecule has 0 spiro atoms. The van der Waals surface area contributed by atoms with Gasteiger partial charge in [0.1, 0.15) is 11.3 Å². The molecule has 0 aliphatic heterocycles. The van der Waals surface area contributed by atoms with Gasteiger partial charge < -0.3 is 4.57 Å².